The molecular weight excluding hydrogens is 270 g/mol. The van der Waals surface area contributed by atoms with Gasteiger partial charge in [-0.3, -0.25) is 4.40 Å². The van der Waals surface area contributed by atoms with Crippen molar-refractivity contribution in [3.05, 3.63) is 66.1 Å². The van der Waals surface area contributed by atoms with Crippen LogP contribution in [-0.2, 0) is 7.05 Å². The van der Waals surface area contributed by atoms with Gasteiger partial charge in [-0.05, 0) is 36.9 Å². The molecule has 0 amide bonds. The molecular formula is C19H18N3+. The van der Waals surface area contributed by atoms with Crippen LogP contribution in [0.1, 0.15) is 11.3 Å². The number of pyridine rings is 2. The Kier molecular flexibility index (Phi) is 2.76. The molecule has 0 unspecified atom stereocenters. The molecule has 4 aromatic rings. The van der Waals surface area contributed by atoms with Gasteiger partial charge in [0, 0.05) is 23.3 Å². The minimum atomic E-state index is 0.992. The molecule has 22 heavy (non-hydrogen) atoms. The maximum Gasteiger partial charge on any atom is 0.230 e. The lowest BCUT2D eigenvalue weighted by molar-refractivity contribution is -0.659. The number of nitrogens with zero attached hydrogens (tertiary/aromatic N) is 3. The number of hydrogen-bond donors (Lipinski definition) is 0. The number of aromatic nitrogens is 3. The summed E-state index contributed by atoms with van der Waals surface area (Å²) in [6.45, 7) is 4.26. The summed E-state index contributed by atoms with van der Waals surface area (Å²) in [7, 11) is 2.10. The molecule has 0 aliphatic heterocycles. The molecule has 1 aromatic carbocycles. The summed E-state index contributed by atoms with van der Waals surface area (Å²) in [6.07, 6.45) is 4.12. The highest BCUT2D eigenvalue weighted by molar-refractivity contribution is 5.83. The molecule has 0 N–H and O–H groups in total. The zero-order chi connectivity index (χ0) is 15.3. The first kappa shape index (κ1) is 13.0. The molecule has 4 rings (SSSR count). The van der Waals surface area contributed by atoms with E-state index in [0.29, 0.717) is 0 Å². The predicted molar refractivity (Wildman–Crippen MR) is 88.8 cm³/mol. The third kappa shape index (κ3) is 1.82. The molecule has 0 aliphatic carbocycles. The van der Waals surface area contributed by atoms with Crippen LogP contribution in [-0.4, -0.2) is 9.38 Å². The average Bonchev–Trinajstić information content (AvgIpc) is 2.89. The fraction of sp³-hybridized carbons (Fsp3) is 0.158. The van der Waals surface area contributed by atoms with Gasteiger partial charge in [-0.25, -0.2) is 4.98 Å². The van der Waals surface area contributed by atoms with Gasteiger partial charge < -0.3 is 0 Å². The van der Waals surface area contributed by atoms with E-state index >= 15 is 0 Å². The van der Waals surface area contributed by atoms with Crippen LogP contribution >= 0.6 is 0 Å². The first-order valence-corrected chi connectivity index (χ1v) is 7.47. The fourth-order valence-corrected chi connectivity index (χ4v) is 3.16. The standard InChI is InChI=1S/C19H18N3/c1-13-8-9-18-20-11-14(2)22(18)19(13)17-10-15-6-4-5-7-16(15)12-21(17)3/h4-12H,1-3H3/q+1. The van der Waals surface area contributed by atoms with Gasteiger partial charge in [-0.15, -0.1) is 0 Å². The van der Waals surface area contributed by atoms with E-state index in [1.165, 1.54) is 27.7 Å². The highest BCUT2D eigenvalue weighted by atomic mass is 15.0. The number of aryl methyl sites for hydroxylation is 3. The summed E-state index contributed by atoms with van der Waals surface area (Å²) < 4.78 is 4.43. The molecule has 0 fully saturated rings. The first-order chi connectivity index (χ1) is 10.6. The van der Waals surface area contributed by atoms with Gasteiger partial charge in [-0.1, -0.05) is 24.3 Å². The topological polar surface area (TPSA) is 21.2 Å². The van der Waals surface area contributed by atoms with Gasteiger partial charge in [0.05, 0.1) is 0 Å². The summed E-state index contributed by atoms with van der Waals surface area (Å²) in [6, 6.07) is 15.0. The number of imidazole rings is 1. The molecule has 0 bridgehead atoms. The molecule has 3 heterocycles. The Bertz CT molecular complexity index is 1010. The lowest BCUT2D eigenvalue weighted by Crippen LogP contribution is -2.31. The molecule has 0 atom stereocenters. The third-order valence-corrected chi connectivity index (χ3v) is 4.29. The highest BCUT2D eigenvalue weighted by Gasteiger charge is 2.18. The van der Waals surface area contributed by atoms with E-state index in [0.717, 1.165) is 11.3 Å². The van der Waals surface area contributed by atoms with Crippen LogP contribution in [0.2, 0.25) is 0 Å². The predicted octanol–water partition coefficient (Wildman–Crippen LogP) is 3.60. The second-order valence-corrected chi connectivity index (χ2v) is 5.86. The maximum atomic E-state index is 4.49. The SMILES string of the molecule is Cc1ccc2ncc(C)n2c1-c1cc2ccccc2c[n+]1C. The Morgan fingerprint density at radius 3 is 2.59 bits per heavy atom. The van der Waals surface area contributed by atoms with Crippen molar-refractivity contribution in [1.82, 2.24) is 9.38 Å². The number of fused-ring (bicyclic) bond motifs is 2. The molecule has 0 spiro atoms. The zero-order valence-corrected chi connectivity index (χ0v) is 13.0. The molecule has 0 saturated carbocycles. The summed E-state index contributed by atoms with van der Waals surface area (Å²) in [5, 5.41) is 2.51. The molecule has 3 nitrogen and oxygen atoms in total. The average molecular weight is 288 g/mol. The van der Waals surface area contributed by atoms with E-state index in [9.17, 15) is 0 Å². The normalized spacial score (nSPS) is 11.4. The van der Waals surface area contributed by atoms with E-state index in [4.69, 9.17) is 0 Å². The molecule has 0 radical (unpaired) electrons. The van der Waals surface area contributed by atoms with Crippen LogP contribution in [0, 0.1) is 13.8 Å². The van der Waals surface area contributed by atoms with Crippen LogP contribution in [0.5, 0.6) is 0 Å². The fourth-order valence-electron chi connectivity index (χ4n) is 3.16. The van der Waals surface area contributed by atoms with E-state index in [1.807, 2.05) is 6.20 Å². The van der Waals surface area contributed by atoms with Crippen molar-refractivity contribution < 1.29 is 4.57 Å². The Morgan fingerprint density at radius 2 is 1.77 bits per heavy atom. The largest absolute Gasteiger partial charge is 0.291 e. The molecule has 3 heteroatoms. The monoisotopic (exact) mass is 288 g/mol. The van der Waals surface area contributed by atoms with Gasteiger partial charge in [-0.2, -0.15) is 4.57 Å². The molecule has 3 aromatic heterocycles. The van der Waals surface area contributed by atoms with Gasteiger partial charge in [0.15, 0.2) is 6.20 Å². The lowest BCUT2D eigenvalue weighted by atomic mass is 10.1. The van der Waals surface area contributed by atoms with Gasteiger partial charge in [0.1, 0.15) is 18.4 Å². The van der Waals surface area contributed by atoms with Crippen molar-refractivity contribution in [3.63, 3.8) is 0 Å². The van der Waals surface area contributed by atoms with Gasteiger partial charge in [0.2, 0.25) is 5.69 Å². The molecule has 108 valence electrons. The van der Waals surface area contributed by atoms with Gasteiger partial charge in [0.25, 0.3) is 0 Å². The van der Waals surface area contributed by atoms with Crippen LogP contribution in [0.25, 0.3) is 27.8 Å². The minimum Gasteiger partial charge on any atom is -0.291 e. The highest BCUT2D eigenvalue weighted by Crippen LogP contribution is 2.25. The second-order valence-electron chi connectivity index (χ2n) is 5.86. The van der Waals surface area contributed by atoms with Crippen LogP contribution in [0.4, 0.5) is 0 Å². The Morgan fingerprint density at radius 1 is 1.00 bits per heavy atom. The van der Waals surface area contributed by atoms with Crippen molar-refractivity contribution in [2.45, 2.75) is 13.8 Å². The Balaban J connectivity index is 2.13. The Hall–Kier alpha value is -2.68. The molecule has 0 saturated heterocycles. The zero-order valence-electron chi connectivity index (χ0n) is 13.0. The summed E-state index contributed by atoms with van der Waals surface area (Å²) in [5.41, 5.74) is 5.80. The number of hydrogen-bond acceptors (Lipinski definition) is 1. The lowest BCUT2D eigenvalue weighted by Gasteiger charge is -2.10. The first-order valence-electron chi connectivity index (χ1n) is 7.47. The van der Waals surface area contributed by atoms with E-state index in [1.54, 1.807) is 0 Å². The number of benzene rings is 1. The van der Waals surface area contributed by atoms with E-state index < -0.39 is 0 Å². The summed E-state index contributed by atoms with van der Waals surface area (Å²) in [4.78, 5) is 4.49. The van der Waals surface area contributed by atoms with Crippen molar-refractivity contribution in [1.29, 1.82) is 0 Å². The van der Waals surface area contributed by atoms with Crippen molar-refractivity contribution >= 4 is 16.4 Å². The second kappa shape index (κ2) is 4.67. The van der Waals surface area contributed by atoms with Crippen molar-refractivity contribution in [3.8, 4) is 11.4 Å². The smallest absolute Gasteiger partial charge is 0.230 e. The summed E-state index contributed by atoms with van der Waals surface area (Å²) in [5.74, 6) is 0. The van der Waals surface area contributed by atoms with Crippen molar-refractivity contribution in [2.24, 2.45) is 7.05 Å². The Labute approximate surface area is 129 Å². The third-order valence-electron chi connectivity index (χ3n) is 4.29. The van der Waals surface area contributed by atoms with Crippen LogP contribution < -0.4 is 4.57 Å². The van der Waals surface area contributed by atoms with Gasteiger partial charge >= 0.3 is 0 Å². The maximum absolute atomic E-state index is 4.49. The minimum absolute atomic E-state index is 0.992. The van der Waals surface area contributed by atoms with Crippen molar-refractivity contribution in [2.75, 3.05) is 0 Å². The van der Waals surface area contributed by atoms with E-state index in [2.05, 4.69) is 83.5 Å². The summed E-state index contributed by atoms with van der Waals surface area (Å²) >= 11 is 0. The molecule has 0 aliphatic rings. The van der Waals surface area contributed by atoms with E-state index in [-0.39, 0.29) is 0 Å². The number of rotatable bonds is 1. The van der Waals surface area contributed by atoms with Crippen LogP contribution in [0.15, 0.2) is 54.9 Å². The van der Waals surface area contributed by atoms with Crippen LogP contribution in [0.3, 0.4) is 0 Å². The quantitative estimate of drug-likeness (QED) is 0.490.